The normalized spacial score (nSPS) is 13.7. The molecule has 3 rings (SSSR count). The van der Waals surface area contributed by atoms with Gasteiger partial charge in [-0.25, -0.2) is 0 Å². The molecule has 2 aromatic carbocycles. The van der Waals surface area contributed by atoms with Crippen molar-refractivity contribution >= 4 is 11.6 Å². The van der Waals surface area contributed by atoms with Crippen molar-refractivity contribution in [2.24, 2.45) is 0 Å². The third kappa shape index (κ3) is 2.63. The lowest BCUT2D eigenvalue weighted by atomic mass is 9.94. The number of benzene rings is 2. The van der Waals surface area contributed by atoms with Crippen molar-refractivity contribution in [3.8, 4) is 0 Å². The molecule has 3 nitrogen and oxygen atoms in total. The van der Waals surface area contributed by atoms with Crippen LogP contribution in [0.25, 0.3) is 0 Å². The fraction of sp³-hybridized carbons (Fsp3) is 0.111. The van der Waals surface area contributed by atoms with Gasteiger partial charge in [-0.05, 0) is 12.5 Å². The molecule has 0 N–H and O–H groups in total. The number of fused-ring (bicyclic) bond motifs is 1. The van der Waals surface area contributed by atoms with Crippen molar-refractivity contribution in [1.29, 1.82) is 0 Å². The van der Waals surface area contributed by atoms with E-state index in [0.717, 1.165) is 11.1 Å². The summed E-state index contributed by atoms with van der Waals surface area (Å²) >= 11 is 0. The van der Waals surface area contributed by atoms with Crippen LogP contribution < -0.4 is 0 Å². The average Bonchev–Trinajstić information content (AvgIpc) is 2.51. The molecule has 0 fully saturated rings. The van der Waals surface area contributed by atoms with Crippen LogP contribution in [0.2, 0.25) is 0 Å². The quantitative estimate of drug-likeness (QED) is 0.863. The molecule has 0 saturated heterocycles. The van der Waals surface area contributed by atoms with E-state index in [0.29, 0.717) is 11.1 Å². The highest BCUT2D eigenvalue weighted by atomic mass is 16.5. The van der Waals surface area contributed by atoms with Crippen LogP contribution in [-0.4, -0.2) is 11.6 Å². The highest BCUT2D eigenvalue weighted by Crippen LogP contribution is 2.22. The van der Waals surface area contributed by atoms with Crippen molar-refractivity contribution in [3.63, 3.8) is 0 Å². The zero-order valence-electron chi connectivity index (χ0n) is 11.6. The predicted octanol–water partition coefficient (Wildman–Crippen LogP) is 3.47. The maximum atomic E-state index is 12.3. The van der Waals surface area contributed by atoms with Crippen molar-refractivity contribution < 1.29 is 14.3 Å². The standard InChI is InChI=1S/C18H14O3/c1-12-6-8-13(9-7-12)11-21-17-10-16(19)14-4-2-3-5-15(14)18(17)20/h2-10H,11H2,1H3. The Hall–Kier alpha value is -2.68. The number of aryl methyl sites for hydroxylation is 1. The molecule has 1 aliphatic carbocycles. The van der Waals surface area contributed by atoms with Gasteiger partial charge in [-0.2, -0.15) is 0 Å². The second kappa shape index (κ2) is 5.37. The molecule has 0 atom stereocenters. The summed E-state index contributed by atoms with van der Waals surface area (Å²) in [6, 6.07) is 14.6. The lowest BCUT2D eigenvalue weighted by Gasteiger charge is -2.15. The number of Topliss-reactive ketones (excluding diaryl/α,β-unsaturated/α-hetero) is 1. The van der Waals surface area contributed by atoms with Gasteiger partial charge in [0.15, 0.2) is 11.5 Å². The van der Waals surface area contributed by atoms with E-state index >= 15 is 0 Å². The van der Waals surface area contributed by atoms with Gasteiger partial charge in [-0.15, -0.1) is 0 Å². The molecule has 0 bridgehead atoms. The number of carbonyl (C=O) groups excluding carboxylic acids is 2. The van der Waals surface area contributed by atoms with Crippen LogP contribution in [0.3, 0.4) is 0 Å². The Bertz CT molecular complexity index is 739. The minimum atomic E-state index is -0.239. The van der Waals surface area contributed by atoms with Crippen LogP contribution in [0.5, 0.6) is 0 Å². The second-order valence-electron chi connectivity index (χ2n) is 5.02. The largest absolute Gasteiger partial charge is 0.485 e. The molecular formula is C18H14O3. The number of rotatable bonds is 3. The summed E-state index contributed by atoms with van der Waals surface area (Å²) in [7, 11) is 0. The van der Waals surface area contributed by atoms with E-state index in [1.165, 1.54) is 6.08 Å². The smallest absolute Gasteiger partial charge is 0.228 e. The molecule has 21 heavy (non-hydrogen) atoms. The van der Waals surface area contributed by atoms with Crippen molar-refractivity contribution in [2.75, 3.05) is 0 Å². The highest BCUT2D eigenvalue weighted by Gasteiger charge is 2.26. The van der Waals surface area contributed by atoms with Crippen LogP contribution in [0, 0.1) is 6.92 Å². The summed E-state index contributed by atoms with van der Waals surface area (Å²) in [5, 5.41) is 0. The molecule has 0 amide bonds. The lowest BCUT2D eigenvalue weighted by Crippen LogP contribution is -2.18. The second-order valence-corrected chi connectivity index (χ2v) is 5.02. The van der Waals surface area contributed by atoms with Crippen LogP contribution in [0.1, 0.15) is 31.8 Å². The van der Waals surface area contributed by atoms with E-state index in [4.69, 9.17) is 4.74 Å². The molecule has 104 valence electrons. The summed E-state index contributed by atoms with van der Waals surface area (Å²) in [5.41, 5.74) is 2.96. The van der Waals surface area contributed by atoms with Gasteiger partial charge in [0.1, 0.15) is 6.61 Å². The first kappa shape index (κ1) is 13.3. The monoisotopic (exact) mass is 278 g/mol. The fourth-order valence-corrected chi connectivity index (χ4v) is 2.24. The van der Waals surface area contributed by atoms with E-state index in [2.05, 4.69) is 0 Å². The number of ether oxygens (including phenoxy) is 1. The molecule has 0 aromatic heterocycles. The maximum Gasteiger partial charge on any atom is 0.228 e. The molecule has 0 radical (unpaired) electrons. The summed E-state index contributed by atoms with van der Waals surface area (Å²) < 4.78 is 5.54. The Kier molecular flexibility index (Phi) is 3.40. The van der Waals surface area contributed by atoms with Gasteiger partial charge in [-0.1, -0.05) is 54.1 Å². The van der Waals surface area contributed by atoms with Crippen LogP contribution >= 0.6 is 0 Å². The first-order chi connectivity index (χ1) is 10.1. The van der Waals surface area contributed by atoms with Gasteiger partial charge in [0.05, 0.1) is 0 Å². The highest BCUT2D eigenvalue weighted by molar-refractivity contribution is 6.23. The van der Waals surface area contributed by atoms with Gasteiger partial charge in [0, 0.05) is 17.2 Å². The van der Waals surface area contributed by atoms with Crippen LogP contribution in [-0.2, 0) is 11.3 Å². The lowest BCUT2D eigenvalue weighted by molar-refractivity contribution is 0.0870. The first-order valence-electron chi connectivity index (χ1n) is 6.73. The summed E-state index contributed by atoms with van der Waals surface area (Å²) in [6.07, 6.45) is 1.28. The Labute approximate surface area is 122 Å². The number of hydrogen-bond donors (Lipinski definition) is 0. The SMILES string of the molecule is Cc1ccc(COC2=CC(=O)c3ccccc3C2=O)cc1. The molecule has 0 saturated carbocycles. The van der Waals surface area contributed by atoms with E-state index < -0.39 is 0 Å². The fourth-order valence-electron chi connectivity index (χ4n) is 2.24. The van der Waals surface area contributed by atoms with Gasteiger partial charge in [0.25, 0.3) is 0 Å². The third-order valence-electron chi connectivity index (χ3n) is 3.44. The molecule has 0 aliphatic heterocycles. The number of ketones is 2. The van der Waals surface area contributed by atoms with E-state index in [1.54, 1.807) is 24.3 Å². The number of hydrogen-bond acceptors (Lipinski definition) is 3. The van der Waals surface area contributed by atoms with Gasteiger partial charge in [-0.3, -0.25) is 9.59 Å². The zero-order chi connectivity index (χ0) is 14.8. The van der Waals surface area contributed by atoms with Crippen molar-refractivity contribution in [3.05, 3.63) is 82.6 Å². The summed E-state index contributed by atoms with van der Waals surface area (Å²) in [5.74, 6) is -0.319. The Balaban J connectivity index is 1.79. The van der Waals surface area contributed by atoms with Gasteiger partial charge in [0.2, 0.25) is 5.78 Å². The number of carbonyl (C=O) groups is 2. The van der Waals surface area contributed by atoms with Gasteiger partial charge < -0.3 is 4.74 Å². The first-order valence-corrected chi connectivity index (χ1v) is 6.73. The summed E-state index contributed by atoms with van der Waals surface area (Å²) in [4.78, 5) is 24.3. The maximum absolute atomic E-state index is 12.3. The molecule has 0 unspecified atom stereocenters. The Morgan fingerprint density at radius 2 is 1.57 bits per heavy atom. The van der Waals surface area contributed by atoms with Crippen molar-refractivity contribution in [1.82, 2.24) is 0 Å². The molecule has 0 spiro atoms. The van der Waals surface area contributed by atoms with Crippen molar-refractivity contribution in [2.45, 2.75) is 13.5 Å². The van der Waals surface area contributed by atoms with E-state index in [9.17, 15) is 9.59 Å². The Morgan fingerprint density at radius 1 is 0.905 bits per heavy atom. The Morgan fingerprint density at radius 3 is 2.29 bits per heavy atom. The minimum absolute atomic E-state index is 0.110. The number of allylic oxidation sites excluding steroid dienone is 2. The van der Waals surface area contributed by atoms with E-state index in [-0.39, 0.29) is 23.9 Å². The van der Waals surface area contributed by atoms with Crippen LogP contribution in [0.4, 0.5) is 0 Å². The molecule has 0 heterocycles. The molecule has 1 aliphatic rings. The van der Waals surface area contributed by atoms with Crippen LogP contribution in [0.15, 0.2) is 60.4 Å². The molecule has 3 heteroatoms. The average molecular weight is 278 g/mol. The van der Waals surface area contributed by atoms with Gasteiger partial charge >= 0.3 is 0 Å². The zero-order valence-corrected chi connectivity index (χ0v) is 11.6. The summed E-state index contributed by atoms with van der Waals surface area (Å²) in [6.45, 7) is 2.28. The molecule has 2 aromatic rings. The topological polar surface area (TPSA) is 43.4 Å². The predicted molar refractivity (Wildman–Crippen MR) is 79.2 cm³/mol. The third-order valence-corrected chi connectivity index (χ3v) is 3.44. The van der Waals surface area contributed by atoms with E-state index in [1.807, 2.05) is 31.2 Å². The molecular weight excluding hydrogens is 264 g/mol. The minimum Gasteiger partial charge on any atom is -0.485 e.